The number of alkyl halides is 3. The molecule has 1 aliphatic rings. The molecule has 0 bridgehead atoms. The quantitative estimate of drug-likeness (QED) is 0.401. The van der Waals surface area contributed by atoms with Gasteiger partial charge >= 0.3 is 6.18 Å². The van der Waals surface area contributed by atoms with Crippen LogP contribution in [0.1, 0.15) is 6.42 Å². The van der Waals surface area contributed by atoms with Gasteiger partial charge in [-0.15, -0.1) is 5.10 Å². The topological polar surface area (TPSA) is 91.7 Å². The SMILES string of the molecule is Cn1nc(-c2ccc(N3C[C@@H](C(F)(F)F)CC3=O)cc2)nc1Nc1ccc(-c2cn[nH]c2)c(F)c1. The normalized spacial score (nSPS) is 16.2. The third-order valence-electron chi connectivity index (χ3n) is 5.82. The Hall–Kier alpha value is -4.22. The molecule has 2 aromatic carbocycles. The van der Waals surface area contributed by atoms with Gasteiger partial charge in [0.15, 0.2) is 5.82 Å². The van der Waals surface area contributed by atoms with Crippen molar-refractivity contribution in [2.24, 2.45) is 13.0 Å². The van der Waals surface area contributed by atoms with Gasteiger partial charge in [-0.25, -0.2) is 9.07 Å². The Morgan fingerprint density at radius 2 is 1.89 bits per heavy atom. The lowest BCUT2D eigenvalue weighted by molar-refractivity contribution is -0.169. The van der Waals surface area contributed by atoms with Gasteiger partial charge in [-0.3, -0.25) is 9.89 Å². The second kappa shape index (κ2) is 8.53. The summed E-state index contributed by atoms with van der Waals surface area (Å²) in [6.45, 7) is -0.395. The van der Waals surface area contributed by atoms with Crippen molar-refractivity contribution in [3.63, 3.8) is 0 Å². The molecule has 4 aromatic rings. The van der Waals surface area contributed by atoms with Crippen LogP contribution in [0.25, 0.3) is 22.5 Å². The van der Waals surface area contributed by atoms with E-state index in [4.69, 9.17) is 0 Å². The van der Waals surface area contributed by atoms with Gasteiger partial charge in [-0.2, -0.15) is 23.3 Å². The van der Waals surface area contributed by atoms with Crippen molar-refractivity contribution in [2.45, 2.75) is 12.6 Å². The Bertz CT molecular complexity index is 1360. The number of carbonyl (C=O) groups is 1. The lowest BCUT2D eigenvalue weighted by Crippen LogP contribution is -2.28. The van der Waals surface area contributed by atoms with Crippen LogP contribution >= 0.6 is 0 Å². The highest BCUT2D eigenvalue weighted by Crippen LogP contribution is 2.36. The summed E-state index contributed by atoms with van der Waals surface area (Å²) in [7, 11) is 1.67. The third-order valence-corrected chi connectivity index (χ3v) is 5.82. The molecular formula is C23H19F4N7O. The molecule has 3 heterocycles. The van der Waals surface area contributed by atoms with Crippen LogP contribution < -0.4 is 10.2 Å². The van der Waals surface area contributed by atoms with Crippen LogP contribution in [0.2, 0.25) is 0 Å². The number of nitrogens with zero attached hydrogens (tertiary/aromatic N) is 5. The standard InChI is InChI=1S/C23H19F4N7O/c1-33-22(30-16-4-7-18(19(24)9-16)14-10-28-29-11-14)31-21(32-33)13-2-5-17(6-3-13)34-12-15(8-20(34)35)23(25,26)27/h2-7,9-11,15H,8,12H2,1H3,(H,28,29)(H,30,31,32)/t15-/m0/s1. The molecule has 180 valence electrons. The van der Waals surface area contributed by atoms with E-state index in [0.717, 1.165) is 4.90 Å². The van der Waals surface area contributed by atoms with Gasteiger partial charge in [0.1, 0.15) is 5.82 Å². The first-order valence-corrected chi connectivity index (χ1v) is 10.6. The zero-order chi connectivity index (χ0) is 24.7. The maximum atomic E-state index is 14.6. The molecule has 12 heteroatoms. The summed E-state index contributed by atoms with van der Waals surface area (Å²) in [6.07, 6.45) is -1.83. The smallest absolute Gasteiger partial charge is 0.324 e. The molecule has 0 radical (unpaired) electrons. The zero-order valence-corrected chi connectivity index (χ0v) is 18.3. The molecule has 0 saturated carbocycles. The van der Waals surface area contributed by atoms with Crippen molar-refractivity contribution in [1.29, 1.82) is 0 Å². The number of aromatic nitrogens is 5. The van der Waals surface area contributed by atoms with Gasteiger partial charge in [0.05, 0.1) is 12.1 Å². The summed E-state index contributed by atoms with van der Waals surface area (Å²) in [5.74, 6) is -1.94. The molecule has 0 spiro atoms. The number of carbonyl (C=O) groups excluding carboxylic acids is 1. The van der Waals surface area contributed by atoms with Crippen molar-refractivity contribution >= 4 is 23.2 Å². The third kappa shape index (κ3) is 4.46. The molecule has 1 fully saturated rings. The van der Waals surface area contributed by atoms with E-state index in [-0.39, 0.29) is 0 Å². The van der Waals surface area contributed by atoms with Crippen molar-refractivity contribution < 1.29 is 22.4 Å². The maximum absolute atomic E-state index is 14.6. The van der Waals surface area contributed by atoms with Crippen molar-refractivity contribution in [2.75, 3.05) is 16.8 Å². The largest absolute Gasteiger partial charge is 0.394 e. The summed E-state index contributed by atoms with van der Waals surface area (Å²) in [6, 6.07) is 11.1. The van der Waals surface area contributed by atoms with Crippen molar-refractivity contribution in [3.8, 4) is 22.5 Å². The maximum Gasteiger partial charge on any atom is 0.394 e. The molecule has 2 aromatic heterocycles. The van der Waals surface area contributed by atoms with E-state index in [1.807, 2.05) is 0 Å². The van der Waals surface area contributed by atoms with Crippen LogP contribution in [0.5, 0.6) is 0 Å². The summed E-state index contributed by atoms with van der Waals surface area (Å²) in [4.78, 5) is 17.7. The Kier molecular flexibility index (Phi) is 5.50. The van der Waals surface area contributed by atoms with Gasteiger partial charge in [-0.1, -0.05) is 0 Å². The highest BCUT2D eigenvalue weighted by molar-refractivity contribution is 5.96. The van der Waals surface area contributed by atoms with Gasteiger partial charge in [-0.05, 0) is 42.5 Å². The number of benzene rings is 2. The fourth-order valence-electron chi connectivity index (χ4n) is 3.94. The molecule has 8 nitrogen and oxygen atoms in total. The molecule has 1 saturated heterocycles. The Morgan fingerprint density at radius 3 is 2.51 bits per heavy atom. The summed E-state index contributed by atoms with van der Waals surface area (Å²) in [5.41, 5.74) is 2.49. The second-order valence-corrected chi connectivity index (χ2v) is 8.18. The first kappa shape index (κ1) is 22.6. The van der Waals surface area contributed by atoms with E-state index < -0.39 is 36.8 Å². The van der Waals surface area contributed by atoms with E-state index in [2.05, 4.69) is 25.6 Å². The Labute approximate surface area is 196 Å². The van der Waals surface area contributed by atoms with E-state index in [9.17, 15) is 22.4 Å². The number of hydrogen-bond donors (Lipinski definition) is 2. The molecular weight excluding hydrogens is 466 g/mol. The summed E-state index contributed by atoms with van der Waals surface area (Å²) in [5, 5.41) is 13.8. The number of halogens is 4. The lowest BCUT2D eigenvalue weighted by Gasteiger charge is -2.18. The van der Waals surface area contributed by atoms with Crippen molar-refractivity contribution in [3.05, 3.63) is 60.7 Å². The number of aromatic amines is 1. The Balaban J connectivity index is 1.32. The monoisotopic (exact) mass is 485 g/mol. The second-order valence-electron chi connectivity index (χ2n) is 8.18. The molecule has 2 N–H and O–H groups in total. The summed E-state index contributed by atoms with van der Waals surface area (Å²) >= 11 is 0. The van der Waals surface area contributed by atoms with E-state index in [1.54, 1.807) is 49.6 Å². The molecule has 1 aliphatic heterocycles. The average molecular weight is 485 g/mol. The first-order chi connectivity index (χ1) is 16.7. The number of rotatable bonds is 5. The number of anilines is 3. The first-order valence-electron chi connectivity index (χ1n) is 10.6. The molecule has 35 heavy (non-hydrogen) atoms. The minimum Gasteiger partial charge on any atom is -0.324 e. The van der Waals surface area contributed by atoms with Crippen LogP contribution in [0.3, 0.4) is 0 Å². The van der Waals surface area contributed by atoms with Crippen LogP contribution in [0.4, 0.5) is 34.9 Å². The molecule has 1 amide bonds. The molecule has 1 atom stereocenters. The number of nitrogens with one attached hydrogen (secondary N) is 2. The minimum absolute atomic E-state index is 0.359. The van der Waals surface area contributed by atoms with E-state index in [1.165, 1.54) is 16.9 Å². The van der Waals surface area contributed by atoms with Crippen molar-refractivity contribution in [1.82, 2.24) is 25.0 Å². The summed E-state index contributed by atoms with van der Waals surface area (Å²) < 4.78 is 55.0. The highest BCUT2D eigenvalue weighted by atomic mass is 19.4. The van der Waals surface area contributed by atoms with Gasteiger partial charge in [0.25, 0.3) is 0 Å². The van der Waals surface area contributed by atoms with Crippen LogP contribution in [0.15, 0.2) is 54.9 Å². The van der Waals surface area contributed by atoms with Crippen LogP contribution in [-0.4, -0.2) is 43.6 Å². The highest BCUT2D eigenvalue weighted by Gasteiger charge is 2.47. The predicted molar refractivity (Wildman–Crippen MR) is 120 cm³/mol. The number of hydrogen-bond acceptors (Lipinski definition) is 5. The molecule has 0 aliphatic carbocycles. The fourth-order valence-corrected chi connectivity index (χ4v) is 3.94. The van der Waals surface area contributed by atoms with Gasteiger partial charge in [0.2, 0.25) is 11.9 Å². The van der Waals surface area contributed by atoms with Gasteiger partial charge < -0.3 is 10.2 Å². The average Bonchev–Trinajstić information content (AvgIpc) is 3.55. The van der Waals surface area contributed by atoms with Gasteiger partial charge in [0, 0.05) is 54.3 Å². The van der Waals surface area contributed by atoms with E-state index >= 15 is 0 Å². The van der Waals surface area contributed by atoms with Crippen LogP contribution in [-0.2, 0) is 11.8 Å². The number of amides is 1. The number of aryl methyl sites for hydroxylation is 1. The predicted octanol–water partition coefficient (Wildman–Crippen LogP) is 4.67. The fraction of sp³-hybridized carbons (Fsp3) is 0.217. The number of H-pyrrole nitrogens is 1. The van der Waals surface area contributed by atoms with Crippen LogP contribution in [0, 0.1) is 11.7 Å². The molecule has 5 rings (SSSR count). The van der Waals surface area contributed by atoms with E-state index in [0.29, 0.717) is 39.8 Å². The minimum atomic E-state index is -4.41. The molecule has 0 unspecified atom stereocenters. The zero-order valence-electron chi connectivity index (χ0n) is 18.3. The lowest BCUT2D eigenvalue weighted by atomic mass is 10.1. The Morgan fingerprint density at radius 1 is 1.11 bits per heavy atom.